The van der Waals surface area contributed by atoms with Gasteiger partial charge in [-0.15, -0.1) is 0 Å². The van der Waals surface area contributed by atoms with Gasteiger partial charge in [-0.2, -0.15) is 0 Å². The van der Waals surface area contributed by atoms with Crippen LogP contribution in [0.1, 0.15) is 61.8 Å². The molecule has 15 atom stereocenters. The first-order valence-electron chi connectivity index (χ1n) is 19.1. The first-order valence-corrected chi connectivity index (χ1v) is 19.1. The van der Waals surface area contributed by atoms with Crippen molar-refractivity contribution in [3.63, 3.8) is 0 Å². The van der Waals surface area contributed by atoms with Gasteiger partial charge in [-0.3, -0.25) is 24.1 Å². The molecule has 0 aromatic heterocycles. The van der Waals surface area contributed by atoms with E-state index in [1.807, 2.05) is 4.90 Å². The Morgan fingerprint density at radius 1 is 0.684 bits per heavy atom. The Balaban J connectivity index is 1.44. The number of carbonyl (C=O) groups excluding carboxylic acids is 7. The molecule has 6 saturated carbocycles. The molecule has 0 N–H and O–H groups in total. The van der Waals surface area contributed by atoms with E-state index >= 15 is 0 Å². The summed E-state index contributed by atoms with van der Waals surface area (Å²) in [5.41, 5.74) is -3.55. The molecule has 2 aromatic rings. The van der Waals surface area contributed by atoms with Crippen LogP contribution in [0, 0.1) is 39.9 Å². The highest BCUT2D eigenvalue weighted by Crippen LogP contribution is 2.86. The van der Waals surface area contributed by atoms with Crippen LogP contribution in [-0.2, 0) is 52.4 Å². The van der Waals surface area contributed by atoms with Crippen LogP contribution in [0.5, 0.6) is 0 Å². The summed E-state index contributed by atoms with van der Waals surface area (Å²) in [6.07, 6.45) is -6.45. The molecular weight excluding hydrogens is 738 g/mol. The molecule has 2 heterocycles. The molecule has 0 unspecified atom stereocenters. The number of carbonyl (C=O) groups is 7. The Kier molecular flexibility index (Phi) is 9.02. The Labute approximate surface area is 329 Å². The zero-order valence-electron chi connectivity index (χ0n) is 32.4. The fourth-order valence-corrected chi connectivity index (χ4v) is 13.0. The first-order chi connectivity index (χ1) is 27.0. The number of esters is 6. The first kappa shape index (κ1) is 38.5. The Morgan fingerprint density at radius 2 is 1.21 bits per heavy atom. The third kappa shape index (κ3) is 5.14. The summed E-state index contributed by atoms with van der Waals surface area (Å²) in [4.78, 5) is 97.0. The van der Waals surface area contributed by atoms with Crippen molar-refractivity contribution in [2.45, 2.75) is 89.7 Å². The molecule has 57 heavy (non-hydrogen) atoms. The van der Waals surface area contributed by atoms with Crippen LogP contribution < -0.4 is 0 Å². The van der Waals surface area contributed by atoms with E-state index < -0.39 is 124 Å². The van der Waals surface area contributed by atoms with Crippen LogP contribution in [0.15, 0.2) is 72.8 Å². The molecule has 300 valence electrons. The lowest BCUT2D eigenvalue weighted by Gasteiger charge is -2.71. The Morgan fingerprint density at radius 3 is 1.74 bits per heavy atom. The van der Waals surface area contributed by atoms with Gasteiger partial charge in [0.2, 0.25) is 0 Å². The van der Waals surface area contributed by atoms with Crippen molar-refractivity contribution < 1.29 is 62.0 Å². The topological polar surface area (TPSA) is 178 Å². The van der Waals surface area contributed by atoms with Gasteiger partial charge >= 0.3 is 35.8 Å². The van der Waals surface area contributed by atoms with Gasteiger partial charge in [-0.05, 0) is 36.9 Å². The van der Waals surface area contributed by atoms with E-state index in [9.17, 15) is 33.6 Å². The average molecular weight is 784 g/mol. The van der Waals surface area contributed by atoms with Crippen molar-refractivity contribution >= 4 is 42.1 Å². The number of fused-ring (bicyclic) bond motifs is 1. The lowest BCUT2D eigenvalue weighted by atomic mass is 9.36. The second-order valence-electron chi connectivity index (χ2n) is 16.7. The van der Waals surface area contributed by atoms with Crippen LogP contribution in [0.25, 0.3) is 0 Å². The molecule has 14 heteroatoms. The molecule has 10 rings (SSSR count). The number of likely N-dealkylation sites (N-methyl/N-ethyl adjacent to an activating group) is 1. The number of benzene rings is 2. The maximum Gasteiger partial charge on any atom is 0.338 e. The highest BCUT2D eigenvalue weighted by atomic mass is 16.6. The van der Waals surface area contributed by atoms with Crippen LogP contribution in [-0.4, -0.2) is 103 Å². The van der Waals surface area contributed by atoms with Crippen molar-refractivity contribution in [3.05, 3.63) is 83.9 Å². The molecule has 6 aliphatic carbocycles. The van der Waals surface area contributed by atoms with Gasteiger partial charge in [0.05, 0.1) is 28.5 Å². The van der Waals surface area contributed by atoms with E-state index in [1.165, 1.54) is 27.7 Å². The minimum atomic E-state index is -1.53. The number of rotatable bonds is 9. The fourth-order valence-electron chi connectivity index (χ4n) is 13.0. The lowest BCUT2D eigenvalue weighted by Crippen LogP contribution is -2.81. The molecule has 2 aliphatic heterocycles. The number of nitrogens with zero attached hydrogens (tertiary/aromatic N) is 1. The maximum atomic E-state index is 14.1. The Bertz CT molecular complexity index is 2070. The zero-order valence-corrected chi connectivity index (χ0v) is 32.4. The van der Waals surface area contributed by atoms with Crippen LogP contribution in [0.4, 0.5) is 0 Å². The highest BCUT2D eigenvalue weighted by Gasteiger charge is 2.96. The number of aldehydes is 1. The summed E-state index contributed by atoms with van der Waals surface area (Å²) in [6, 6.07) is 15.0. The largest absolute Gasteiger partial charge is 0.461 e. The number of hydrogen-bond donors (Lipinski definition) is 0. The minimum Gasteiger partial charge on any atom is -0.461 e. The quantitative estimate of drug-likeness (QED) is 0.156. The number of ether oxygens (including phenoxy) is 6. The summed E-state index contributed by atoms with van der Waals surface area (Å²) in [6.45, 7) is 11.1. The summed E-state index contributed by atoms with van der Waals surface area (Å²) < 4.78 is 38.2. The van der Waals surface area contributed by atoms with E-state index in [0.29, 0.717) is 0 Å². The van der Waals surface area contributed by atoms with Gasteiger partial charge in [0.1, 0.15) is 42.9 Å². The molecule has 14 nitrogen and oxygen atoms in total. The van der Waals surface area contributed by atoms with E-state index in [4.69, 9.17) is 28.4 Å². The molecule has 8 fully saturated rings. The minimum absolute atomic E-state index is 0.0815. The molecule has 0 amide bonds. The van der Waals surface area contributed by atoms with E-state index in [-0.39, 0.29) is 23.1 Å². The monoisotopic (exact) mass is 783 g/mol. The summed E-state index contributed by atoms with van der Waals surface area (Å²) in [5.74, 6) is -7.81. The fraction of sp³-hybridized carbons (Fsp3) is 0.512. The highest BCUT2D eigenvalue weighted by molar-refractivity contribution is 5.90. The van der Waals surface area contributed by atoms with Gasteiger partial charge < -0.3 is 33.2 Å². The smallest absolute Gasteiger partial charge is 0.338 e. The predicted octanol–water partition coefficient (Wildman–Crippen LogP) is 3.50. The second kappa shape index (κ2) is 13.4. The van der Waals surface area contributed by atoms with Crippen molar-refractivity contribution in [3.8, 4) is 0 Å². The van der Waals surface area contributed by atoms with E-state index in [2.05, 4.69) is 6.58 Å². The molecule has 0 radical (unpaired) electrons. The van der Waals surface area contributed by atoms with Gasteiger partial charge in [0.15, 0.2) is 0 Å². The standard InChI is InChI=1S/C43H45NO13/c1-20-28-31(57-40(51)26-16-12-9-13-17-26)29-35-43-33(41(6,19-45)18-27(37(43)54-23(4)48)56-39(50)25-14-10-8-11-15-25)30(44(35)7)38(55-24(5)49)42(29,36(20)53-22(3)47)34(43)32(28)52-21(2)46/h8-17,19,27-38H,1,18H2,2-7H3/t27-,28-,29+,30+,31-,32+,33+,34+,35+,36-,37+,38-,41-,42-,43-/m0/s1. The van der Waals surface area contributed by atoms with Crippen molar-refractivity contribution in [2.75, 3.05) is 7.05 Å². The van der Waals surface area contributed by atoms with Crippen molar-refractivity contribution in [2.24, 2.45) is 39.9 Å². The summed E-state index contributed by atoms with van der Waals surface area (Å²) >= 11 is 0. The number of hydrogen-bond acceptors (Lipinski definition) is 14. The van der Waals surface area contributed by atoms with Crippen LogP contribution in [0.2, 0.25) is 0 Å². The van der Waals surface area contributed by atoms with Gasteiger partial charge in [0, 0.05) is 68.7 Å². The van der Waals surface area contributed by atoms with Crippen molar-refractivity contribution in [1.82, 2.24) is 4.90 Å². The molecule has 2 spiro atoms. The Hall–Kier alpha value is -5.37. The predicted molar refractivity (Wildman–Crippen MR) is 196 cm³/mol. The lowest BCUT2D eigenvalue weighted by molar-refractivity contribution is -0.312. The maximum absolute atomic E-state index is 14.1. The normalized spacial score (nSPS) is 40.4. The molecule has 8 aliphatic rings. The second-order valence-corrected chi connectivity index (χ2v) is 16.7. The molecule has 2 aromatic carbocycles. The van der Waals surface area contributed by atoms with Gasteiger partial charge in [-0.25, -0.2) is 9.59 Å². The molecular formula is C43H45NO13. The van der Waals surface area contributed by atoms with Gasteiger partial charge in [0.25, 0.3) is 0 Å². The summed E-state index contributed by atoms with van der Waals surface area (Å²) in [7, 11) is 1.81. The van der Waals surface area contributed by atoms with E-state index in [1.54, 1.807) is 74.6 Å². The number of piperidine rings is 1. The van der Waals surface area contributed by atoms with Crippen molar-refractivity contribution in [1.29, 1.82) is 0 Å². The average Bonchev–Trinajstić information content (AvgIpc) is 3.48. The summed E-state index contributed by atoms with van der Waals surface area (Å²) in [5, 5.41) is 0. The zero-order chi connectivity index (χ0) is 40.9. The SMILES string of the molecule is C=C1[C@@H]2[C@@H](OC(C)=O)[C@@H]3[C@@]4([C@H]([C@H]2OC(=O)c2ccccc2)[C@H]2N(C)[C@@H]([C@@H]4OC(C)=O)[C@H]4[C@]32[C@H](OC(C)=O)[C@@H](OC(=O)c2ccccc2)C[C@@]4(C)C=O)[C@H]1OC(C)=O. The molecule has 7 bridgehead atoms. The third-order valence-corrected chi connectivity index (χ3v) is 13.9. The van der Waals surface area contributed by atoms with Crippen LogP contribution >= 0.6 is 0 Å². The van der Waals surface area contributed by atoms with Crippen LogP contribution in [0.3, 0.4) is 0 Å². The third-order valence-electron chi connectivity index (χ3n) is 13.9. The van der Waals surface area contributed by atoms with E-state index in [0.717, 1.165) is 6.29 Å². The molecule has 2 saturated heterocycles. The van der Waals surface area contributed by atoms with Gasteiger partial charge in [-0.1, -0.05) is 49.9 Å².